The molecule has 1 aromatic carbocycles. The highest BCUT2D eigenvalue weighted by Crippen LogP contribution is 2.23. The first-order valence-corrected chi connectivity index (χ1v) is 6.83. The van der Waals surface area contributed by atoms with Gasteiger partial charge in [0.25, 0.3) is 0 Å². The van der Waals surface area contributed by atoms with Crippen molar-refractivity contribution in [3.05, 3.63) is 35.2 Å². The van der Waals surface area contributed by atoms with Crippen LogP contribution in [0.1, 0.15) is 17.0 Å². The van der Waals surface area contributed by atoms with E-state index >= 15 is 0 Å². The highest BCUT2D eigenvalue weighted by atomic mass is 32.2. The van der Waals surface area contributed by atoms with Crippen LogP contribution in [0.5, 0.6) is 0 Å². The molecule has 0 unspecified atom stereocenters. The van der Waals surface area contributed by atoms with Crippen LogP contribution < -0.4 is 5.32 Å². The molecule has 2 aromatic rings. The number of nitrogens with zero attached hydrogens (tertiary/aromatic N) is 2. The molecule has 19 heavy (non-hydrogen) atoms. The molecule has 0 saturated carbocycles. The largest absolute Gasteiger partial charge is 0.328 e. The van der Waals surface area contributed by atoms with Crippen LogP contribution in [0.3, 0.4) is 0 Å². The number of aryl methyl sites for hydroxylation is 3. The molecule has 100 valence electrons. The first-order chi connectivity index (χ1) is 9.04. The quantitative estimate of drug-likeness (QED) is 0.870. The van der Waals surface area contributed by atoms with Crippen molar-refractivity contribution in [3.8, 4) is 0 Å². The summed E-state index contributed by atoms with van der Waals surface area (Å²) < 4.78 is 4.83. The lowest BCUT2D eigenvalue weighted by Gasteiger charge is -2.06. The molecule has 1 amide bonds. The van der Waals surface area contributed by atoms with E-state index in [4.69, 9.17) is 4.52 Å². The van der Waals surface area contributed by atoms with Crippen molar-refractivity contribution >= 4 is 23.7 Å². The molecule has 0 spiro atoms. The summed E-state index contributed by atoms with van der Waals surface area (Å²) in [5.74, 6) is 0.651. The maximum atomic E-state index is 11.7. The minimum absolute atomic E-state index is 0.143. The topological polar surface area (TPSA) is 68.0 Å². The van der Waals surface area contributed by atoms with Crippen LogP contribution in [0.2, 0.25) is 0 Å². The molecule has 1 heterocycles. The zero-order valence-electron chi connectivity index (χ0n) is 11.1. The van der Waals surface area contributed by atoms with Crippen LogP contribution in [0.15, 0.2) is 27.6 Å². The monoisotopic (exact) mass is 277 g/mol. The Morgan fingerprint density at radius 3 is 2.84 bits per heavy atom. The highest BCUT2D eigenvalue weighted by Gasteiger charge is 2.09. The van der Waals surface area contributed by atoms with Crippen molar-refractivity contribution in [2.24, 2.45) is 0 Å². The fourth-order valence-electron chi connectivity index (χ4n) is 1.51. The Labute approximate surface area is 115 Å². The van der Waals surface area contributed by atoms with E-state index in [2.05, 4.69) is 33.7 Å². The number of carbonyl (C=O) groups excluding carboxylic acids is 1. The third kappa shape index (κ3) is 3.82. The summed E-state index contributed by atoms with van der Waals surface area (Å²) in [6.45, 7) is 5.76. The maximum Gasteiger partial charge on any atom is 0.328 e. The highest BCUT2D eigenvalue weighted by molar-refractivity contribution is 8.00. The van der Waals surface area contributed by atoms with E-state index in [0.29, 0.717) is 11.6 Å². The maximum absolute atomic E-state index is 11.7. The summed E-state index contributed by atoms with van der Waals surface area (Å²) in [7, 11) is 0. The summed E-state index contributed by atoms with van der Waals surface area (Å²) in [4.78, 5) is 16.8. The van der Waals surface area contributed by atoms with Crippen molar-refractivity contribution in [1.29, 1.82) is 0 Å². The molecule has 5 nitrogen and oxygen atoms in total. The average Bonchev–Trinajstić information content (AvgIpc) is 2.76. The molecule has 0 bridgehead atoms. The third-order valence-electron chi connectivity index (χ3n) is 2.48. The Morgan fingerprint density at radius 1 is 1.37 bits per heavy atom. The van der Waals surface area contributed by atoms with Gasteiger partial charge in [-0.15, -0.1) is 11.8 Å². The Bertz CT molecular complexity index is 595. The van der Waals surface area contributed by atoms with Gasteiger partial charge >= 0.3 is 6.01 Å². The van der Waals surface area contributed by atoms with Crippen molar-refractivity contribution in [2.45, 2.75) is 25.7 Å². The predicted molar refractivity (Wildman–Crippen MR) is 74.3 cm³/mol. The molecular formula is C13H15N3O2S. The molecular weight excluding hydrogens is 262 g/mol. The first kappa shape index (κ1) is 13.6. The summed E-state index contributed by atoms with van der Waals surface area (Å²) in [6, 6.07) is 6.32. The second kappa shape index (κ2) is 5.88. The lowest BCUT2D eigenvalue weighted by atomic mass is 10.2. The zero-order chi connectivity index (χ0) is 13.8. The summed E-state index contributed by atoms with van der Waals surface area (Å²) in [6.07, 6.45) is 0. The average molecular weight is 277 g/mol. The van der Waals surface area contributed by atoms with E-state index in [1.165, 1.54) is 17.3 Å². The van der Waals surface area contributed by atoms with Crippen molar-refractivity contribution in [3.63, 3.8) is 0 Å². The molecule has 1 aromatic heterocycles. The number of anilines is 1. The van der Waals surface area contributed by atoms with E-state index in [1.54, 1.807) is 6.92 Å². The van der Waals surface area contributed by atoms with Crippen LogP contribution in [-0.2, 0) is 4.79 Å². The fourth-order valence-corrected chi connectivity index (χ4v) is 2.43. The number of nitrogens with one attached hydrogen (secondary N) is 1. The van der Waals surface area contributed by atoms with E-state index in [-0.39, 0.29) is 11.9 Å². The zero-order valence-corrected chi connectivity index (χ0v) is 11.9. The van der Waals surface area contributed by atoms with Crippen molar-refractivity contribution in [1.82, 2.24) is 10.1 Å². The van der Waals surface area contributed by atoms with Gasteiger partial charge < -0.3 is 4.52 Å². The van der Waals surface area contributed by atoms with Crippen LogP contribution >= 0.6 is 11.8 Å². The third-order valence-corrected chi connectivity index (χ3v) is 3.63. The Kier molecular flexibility index (Phi) is 4.21. The standard InChI is InChI=1S/C13H15N3O2S/c1-8-4-5-9(2)11(6-8)19-7-12(17)15-13-14-10(3)16-18-13/h4-6H,7H2,1-3H3,(H,14,15,16,17). The van der Waals surface area contributed by atoms with Gasteiger partial charge in [0.05, 0.1) is 5.75 Å². The summed E-state index contributed by atoms with van der Waals surface area (Å²) in [5.41, 5.74) is 2.35. The van der Waals surface area contributed by atoms with Crippen molar-refractivity contribution < 1.29 is 9.32 Å². The van der Waals surface area contributed by atoms with Gasteiger partial charge in [-0.2, -0.15) is 4.98 Å². The first-order valence-electron chi connectivity index (χ1n) is 5.85. The second-order valence-corrected chi connectivity index (χ2v) is 5.27. The Morgan fingerprint density at radius 2 is 2.16 bits per heavy atom. The second-order valence-electron chi connectivity index (χ2n) is 4.25. The number of thioether (sulfide) groups is 1. The molecule has 0 aliphatic rings. The Balaban J connectivity index is 1.91. The lowest BCUT2D eigenvalue weighted by Crippen LogP contribution is -2.14. The van der Waals surface area contributed by atoms with Crippen LogP contribution in [0.25, 0.3) is 0 Å². The predicted octanol–water partition coefficient (Wildman–Crippen LogP) is 2.73. The Hall–Kier alpha value is -1.82. The van der Waals surface area contributed by atoms with Gasteiger partial charge in [-0.1, -0.05) is 22.9 Å². The molecule has 0 atom stereocenters. The van der Waals surface area contributed by atoms with Gasteiger partial charge in [-0.25, -0.2) is 0 Å². The number of amides is 1. The molecule has 2 rings (SSSR count). The minimum Gasteiger partial charge on any atom is -0.315 e. The van der Waals surface area contributed by atoms with Crippen molar-refractivity contribution in [2.75, 3.05) is 11.1 Å². The normalized spacial score (nSPS) is 10.5. The van der Waals surface area contributed by atoms with Crippen LogP contribution in [0.4, 0.5) is 6.01 Å². The number of aromatic nitrogens is 2. The number of rotatable bonds is 4. The van der Waals surface area contributed by atoms with Gasteiger partial charge in [0.2, 0.25) is 5.91 Å². The van der Waals surface area contributed by atoms with E-state index in [9.17, 15) is 4.79 Å². The van der Waals surface area contributed by atoms with Crippen LogP contribution in [0, 0.1) is 20.8 Å². The smallest absolute Gasteiger partial charge is 0.315 e. The molecule has 0 fully saturated rings. The summed E-state index contributed by atoms with van der Waals surface area (Å²) >= 11 is 1.49. The minimum atomic E-state index is -0.158. The van der Waals surface area contributed by atoms with Gasteiger partial charge in [-0.3, -0.25) is 10.1 Å². The molecule has 0 aliphatic heterocycles. The molecule has 0 radical (unpaired) electrons. The van der Waals surface area contributed by atoms with Gasteiger partial charge in [0.1, 0.15) is 0 Å². The van der Waals surface area contributed by atoms with Gasteiger partial charge in [-0.05, 0) is 32.4 Å². The lowest BCUT2D eigenvalue weighted by molar-refractivity contribution is -0.114. The molecule has 6 heteroatoms. The molecule has 1 N–H and O–H groups in total. The van der Waals surface area contributed by atoms with Gasteiger partial charge in [0, 0.05) is 4.90 Å². The van der Waals surface area contributed by atoms with E-state index in [1.807, 2.05) is 13.8 Å². The number of carbonyl (C=O) groups is 1. The number of hydrogen-bond acceptors (Lipinski definition) is 5. The van der Waals surface area contributed by atoms with E-state index < -0.39 is 0 Å². The van der Waals surface area contributed by atoms with Crippen LogP contribution in [-0.4, -0.2) is 21.8 Å². The molecule has 0 aliphatic carbocycles. The van der Waals surface area contributed by atoms with Gasteiger partial charge in [0.15, 0.2) is 5.82 Å². The van der Waals surface area contributed by atoms with E-state index in [0.717, 1.165) is 10.5 Å². The summed E-state index contributed by atoms with van der Waals surface area (Å²) in [5, 5.41) is 6.17. The number of benzene rings is 1. The number of hydrogen-bond donors (Lipinski definition) is 1. The fraction of sp³-hybridized carbons (Fsp3) is 0.308. The molecule has 0 saturated heterocycles. The SMILES string of the molecule is Cc1ccc(C)c(SCC(=O)Nc2nc(C)no2)c1.